The molecular weight excluding hydrogens is 630 g/mol. The maximum atomic E-state index is 13.2. The topological polar surface area (TPSA) is 279 Å². The molecule has 20 nitrogen and oxygen atoms in total. The molecule has 0 radical (unpaired) electrons. The van der Waals surface area contributed by atoms with Gasteiger partial charge in [0.25, 0.3) is 5.56 Å². The quantitative estimate of drug-likeness (QED) is 0.202. The highest BCUT2D eigenvalue weighted by Crippen LogP contribution is 2.54. The number of aliphatic hydroxyl groups excluding tert-OH is 2. The van der Waals surface area contributed by atoms with Crippen LogP contribution in [0, 0.1) is 11.8 Å². The van der Waals surface area contributed by atoms with Crippen molar-refractivity contribution < 1.29 is 52.0 Å². The lowest BCUT2D eigenvalue weighted by molar-refractivity contribution is -0.0894. The number of allylic oxidation sites excluding steroid dienone is 1. The highest BCUT2D eigenvalue weighted by Gasteiger charge is 2.54. The molecule has 5 aliphatic rings. The summed E-state index contributed by atoms with van der Waals surface area (Å²) in [6, 6.07) is 0. The number of imidazole rings is 1. The summed E-state index contributed by atoms with van der Waals surface area (Å²) < 4.78 is 54.6. The van der Waals surface area contributed by atoms with Crippen LogP contribution in [0.1, 0.15) is 6.42 Å². The Bertz CT molecular complexity index is 1770. The van der Waals surface area contributed by atoms with E-state index in [2.05, 4.69) is 24.9 Å². The van der Waals surface area contributed by atoms with Gasteiger partial charge in [-0.1, -0.05) is 6.08 Å². The molecule has 2 fully saturated rings. The molecule has 0 spiro atoms. The number of ether oxygens (including phenoxy) is 1. The molecular formula is C22H26N8O12P2. The SMILES string of the molecule is NC1=NC=NC2C1C=CN2[C@@H]1O[C@@H]2COP(=O)(O)OC3=C(n4cnc5c(=O)[nH]cnc54)C[C@H](COP(=O)(O)OC2C1O)C3O. The predicted molar refractivity (Wildman–Crippen MR) is 146 cm³/mol. The lowest BCUT2D eigenvalue weighted by Crippen LogP contribution is -2.48. The van der Waals surface area contributed by atoms with E-state index in [1.807, 2.05) is 0 Å². The van der Waals surface area contributed by atoms with Gasteiger partial charge in [-0.05, 0) is 6.42 Å². The number of rotatable bonds is 2. The van der Waals surface area contributed by atoms with Crippen molar-refractivity contribution in [3.63, 3.8) is 0 Å². The van der Waals surface area contributed by atoms with E-state index in [0.29, 0.717) is 0 Å². The molecule has 2 bridgehead atoms. The van der Waals surface area contributed by atoms with Gasteiger partial charge in [0.1, 0.15) is 49.1 Å². The fraction of sp³-hybridized carbons (Fsp3) is 0.500. The number of phosphoric ester groups is 2. The average Bonchev–Trinajstić information content (AvgIpc) is 3.73. The minimum Gasteiger partial charge on any atom is -0.404 e. The van der Waals surface area contributed by atoms with Gasteiger partial charge in [0.15, 0.2) is 23.2 Å². The van der Waals surface area contributed by atoms with Gasteiger partial charge in [-0.15, -0.1) is 0 Å². The van der Waals surface area contributed by atoms with Crippen LogP contribution in [0.2, 0.25) is 0 Å². The third-order valence-electron chi connectivity index (χ3n) is 7.87. The molecule has 7 N–H and O–H groups in total. The maximum Gasteiger partial charge on any atom is 0.527 e. The number of fused-ring (bicyclic) bond motifs is 5. The minimum absolute atomic E-state index is 0.0507. The van der Waals surface area contributed by atoms with Crippen LogP contribution in [0.4, 0.5) is 0 Å². The summed E-state index contributed by atoms with van der Waals surface area (Å²) in [6.45, 7) is -1.36. The number of amidine groups is 1. The smallest absolute Gasteiger partial charge is 0.404 e. The van der Waals surface area contributed by atoms with Gasteiger partial charge in [-0.2, -0.15) is 0 Å². The first-order chi connectivity index (χ1) is 20.9. The molecule has 0 amide bonds. The van der Waals surface area contributed by atoms with Gasteiger partial charge < -0.3 is 40.0 Å². The average molecular weight is 656 g/mol. The Labute approximate surface area is 246 Å². The van der Waals surface area contributed by atoms with Crippen molar-refractivity contribution in [2.75, 3.05) is 13.2 Å². The standard InChI is InChI=1S/C22H26N8O12P2/c23-18-10-1-2-29(19(10)25-6-24-18)22-15(32)17-12(40-22)5-39-44(36,37)41-16-11(3-9(14(16)31)4-38-43(34,35)42-17)30-8-28-13-20(30)26-7-27-21(13)33/h1-2,6-10,12,14-15,17,19,22,31-32H,3-5H2,(H,34,35)(H,36,37)(H2,23,24,25)(H,26,27,33)/t9-,10?,12-,14?,15?,17?,19?,22-/m1/s1. The third kappa shape index (κ3) is 5.02. The van der Waals surface area contributed by atoms with E-state index < -0.39 is 88.8 Å². The number of nitrogens with zero attached hydrogens (tertiary/aromatic N) is 6. The van der Waals surface area contributed by atoms with E-state index in [-0.39, 0.29) is 29.1 Å². The summed E-state index contributed by atoms with van der Waals surface area (Å²) >= 11 is 0. The molecule has 2 aromatic rings. The first-order valence-corrected chi connectivity index (χ1v) is 16.2. The Morgan fingerprint density at radius 3 is 2.73 bits per heavy atom. The highest BCUT2D eigenvalue weighted by molar-refractivity contribution is 7.47. The molecule has 7 rings (SSSR count). The molecule has 1 aliphatic carbocycles. The largest absolute Gasteiger partial charge is 0.527 e. The van der Waals surface area contributed by atoms with Crippen molar-refractivity contribution >= 4 is 44.7 Å². The Balaban J connectivity index is 1.20. The number of aromatic nitrogens is 4. The van der Waals surface area contributed by atoms with Gasteiger partial charge >= 0.3 is 15.6 Å². The van der Waals surface area contributed by atoms with Crippen molar-refractivity contribution in [3.8, 4) is 0 Å². The number of aliphatic hydroxyl groups is 2. The number of H-pyrrole nitrogens is 1. The van der Waals surface area contributed by atoms with Crippen molar-refractivity contribution in [3.05, 3.63) is 41.0 Å². The monoisotopic (exact) mass is 656 g/mol. The van der Waals surface area contributed by atoms with Gasteiger partial charge in [-0.3, -0.25) is 27.8 Å². The number of hydrogen-bond acceptors (Lipinski definition) is 16. The zero-order valence-corrected chi connectivity index (χ0v) is 24.1. The Kier molecular flexibility index (Phi) is 7.13. The van der Waals surface area contributed by atoms with Crippen molar-refractivity contribution in [2.45, 2.75) is 43.2 Å². The first-order valence-electron chi connectivity index (χ1n) is 13.2. The van der Waals surface area contributed by atoms with Gasteiger partial charge in [0.05, 0.1) is 31.2 Å². The zero-order valence-electron chi connectivity index (χ0n) is 22.3. The van der Waals surface area contributed by atoms with Crippen molar-refractivity contribution in [2.24, 2.45) is 27.6 Å². The van der Waals surface area contributed by atoms with Gasteiger partial charge in [-0.25, -0.2) is 29.1 Å². The molecule has 6 heterocycles. The van der Waals surface area contributed by atoms with Crippen LogP contribution < -0.4 is 11.3 Å². The lowest BCUT2D eigenvalue weighted by atomic mass is 10.1. The summed E-state index contributed by atoms with van der Waals surface area (Å²) in [7, 11) is -9.99. The van der Waals surface area contributed by atoms with E-state index in [1.165, 1.54) is 22.1 Å². The summed E-state index contributed by atoms with van der Waals surface area (Å²) in [6.07, 6.45) is -1.33. The normalized spacial score (nSPS) is 40.6. The molecule has 44 heavy (non-hydrogen) atoms. The summed E-state index contributed by atoms with van der Waals surface area (Å²) in [5.41, 5.74) is 5.49. The second-order valence-corrected chi connectivity index (χ2v) is 13.3. The highest BCUT2D eigenvalue weighted by atomic mass is 31.2. The Hall–Kier alpha value is -3.29. The van der Waals surface area contributed by atoms with Crippen LogP contribution in [-0.2, 0) is 32.0 Å². The maximum absolute atomic E-state index is 13.2. The van der Waals surface area contributed by atoms with Crippen LogP contribution in [-0.4, -0.2) is 107 Å². The minimum atomic E-state index is -5.04. The van der Waals surface area contributed by atoms with Gasteiger partial charge in [0.2, 0.25) is 0 Å². The molecule has 7 unspecified atom stereocenters. The van der Waals surface area contributed by atoms with Crippen LogP contribution in [0.5, 0.6) is 0 Å². The summed E-state index contributed by atoms with van der Waals surface area (Å²) in [5.74, 6) is -1.57. The lowest BCUT2D eigenvalue weighted by Gasteiger charge is -2.33. The van der Waals surface area contributed by atoms with Crippen LogP contribution in [0.25, 0.3) is 16.9 Å². The number of nitrogens with one attached hydrogen (secondary N) is 1. The van der Waals surface area contributed by atoms with E-state index in [9.17, 15) is 33.9 Å². The van der Waals surface area contributed by atoms with Crippen LogP contribution >= 0.6 is 15.6 Å². The number of nitrogens with two attached hydrogens (primary N) is 1. The molecule has 236 valence electrons. The zero-order chi connectivity index (χ0) is 31.0. The van der Waals surface area contributed by atoms with Crippen LogP contribution in [0.15, 0.2) is 45.5 Å². The molecule has 4 aliphatic heterocycles. The predicted octanol–water partition coefficient (Wildman–Crippen LogP) is -1.43. The van der Waals surface area contributed by atoms with Crippen molar-refractivity contribution in [1.29, 1.82) is 0 Å². The first kappa shape index (κ1) is 29.4. The van der Waals surface area contributed by atoms with Crippen molar-refractivity contribution in [1.82, 2.24) is 24.4 Å². The number of phosphoric acid groups is 2. The van der Waals surface area contributed by atoms with E-state index >= 15 is 0 Å². The number of aromatic amines is 1. The van der Waals surface area contributed by atoms with Gasteiger partial charge in [0, 0.05) is 12.1 Å². The molecule has 10 atom stereocenters. The van der Waals surface area contributed by atoms with E-state index in [1.54, 1.807) is 12.3 Å². The second-order valence-electron chi connectivity index (χ2n) is 10.5. The molecule has 2 saturated heterocycles. The molecule has 22 heteroatoms. The fourth-order valence-corrected chi connectivity index (χ4v) is 7.62. The van der Waals surface area contributed by atoms with Crippen LogP contribution in [0.3, 0.4) is 0 Å². The summed E-state index contributed by atoms with van der Waals surface area (Å²) in [5, 5.41) is 22.2. The molecule has 0 aromatic carbocycles. The molecule has 0 saturated carbocycles. The fourth-order valence-electron chi connectivity index (χ4n) is 5.76. The Morgan fingerprint density at radius 1 is 1.11 bits per heavy atom. The number of aliphatic imine (C=N–C) groups is 2. The van der Waals surface area contributed by atoms with E-state index in [0.717, 1.165) is 6.33 Å². The Morgan fingerprint density at radius 2 is 1.91 bits per heavy atom. The second kappa shape index (κ2) is 10.7. The summed E-state index contributed by atoms with van der Waals surface area (Å²) in [4.78, 5) is 53.7. The molecule has 2 aromatic heterocycles. The van der Waals surface area contributed by atoms with E-state index in [4.69, 9.17) is 28.6 Å². The third-order valence-corrected chi connectivity index (χ3v) is 9.76. The number of hydrogen-bond donors (Lipinski definition) is 6.